The van der Waals surface area contributed by atoms with E-state index in [-0.39, 0.29) is 11.9 Å². The van der Waals surface area contributed by atoms with E-state index in [4.69, 9.17) is 11.6 Å². The first-order valence-corrected chi connectivity index (χ1v) is 7.15. The monoisotopic (exact) mass is 269 g/mol. The highest BCUT2D eigenvalue weighted by atomic mass is 35.5. The van der Waals surface area contributed by atoms with Crippen LogP contribution < -0.4 is 5.32 Å². The highest BCUT2D eigenvalue weighted by Crippen LogP contribution is 2.43. The van der Waals surface area contributed by atoms with Gasteiger partial charge in [-0.2, -0.15) is 0 Å². The summed E-state index contributed by atoms with van der Waals surface area (Å²) in [5.41, 5.74) is 3.01. The van der Waals surface area contributed by atoms with Gasteiger partial charge in [0.1, 0.15) is 5.82 Å². The summed E-state index contributed by atoms with van der Waals surface area (Å²) in [6, 6.07) is 1.72. The summed E-state index contributed by atoms with van der Waals surface area (Å²) in [6.45, 7) is 7.15. The zero-order chi connectivity index (χ0) is 13.3. The van der Waals surface area contributed by atoms with Gasteiger partial charge in [-0.3, -0.25) is 0 Å². The average molecular weight is 270 g/mol. The normalized spacial score (nSPS) is 22.9. The maximum Gasteiger partial charge on any atom is 0.127 e. The van der Waals surface area contributed by atoms with Crippen molar-refractivity contribution >= 4 is 11.6 Å². The molecule has 0 bridgehead atoms. The molecule has 0 fully saturated rings. The Morgan fingerprint density at radius 3 is 2.78 bits per heavy atom. The summed E-state index contributed by atoms with van der Waals surface area (Å²) in [5, 5.41) is 4.10. The third-order valence-corrected chi connectivity index (χ3v) is 4.25. The van der Waals surface area contributed by atoms with Gasteiger partial charge in [-0.05, 0) is 61.4 Å². The van der Waals surface area contributed by atoms with Gasteiger partial charge in [0, 0.05) is 11.1 Å². The van der Waals surface area contributed by atoms with Crippen molar-refractivity contribution in [2.75, 3.05) is 6.54 Å². The Bertz CT molecular complexity index is 445. The Kier molecular flexibility index (Phi) is 4.29. The molecule has 2 atom stereocenters. The Morgan fingerprint density at radius 2 is 2.11 bits per heavy atom. The molecule has 0 aliphatic heterocycles. The SMILES string of the molecule is CCCNC1CCC(C)c2c(Cl)cc(F)c(C)c21. The number of benzene rings is 1. The van der Waals surface area contributed by atoms with Gasteiger partial charge in [0.15, 0.2) is 0 Å². The minimum absolute atomic E-state index is 0.184. The highest BCUT2D eigenvalue weighted by molar-refractivity contribution is 6.31. The summed E-state index contributed by atoms with van der Waals surface area (Å²) in [6.07, 6.45) is 3.26. The van der Waals surface area contributed by atoms with Crippen LogP contribution in [0.15, 0.2) is 6.07 Å². The molecule has 2 rings (SSSR count). The first kappa shape index (κ1) is 13.8. The molecular formula is C15H21ClFN. The number of nitrogens with one attached hydrogen (secondary N) is 1. The molecule has 3 heteroatoms. The van der Waals surface area contributed by atoms with Crippen molar-refractivity contribution in [3.05, 3.63) is 33.6 Å². The van der Waals surface area contributed by atoms with Crippen LogP contribution in [-0.2, 0) is 0 Å². The first-order chi connectivity index (χ1) is 8.56. The van der Waals surface area contributed by atoms with Crippen molar-refractivity contribution in [3.63, 3.8) is 0 Å². The Morgan fingerprint density at radius 1 is 1.39 bits per heavy atom. The maximum absolute atomic E-state index is 13.9. The quantitative estimate of drug-likeness (QED) is 0.837. The second-order valence-corrected chi connectivity index (χ2v) is 5.68. The first-order valence-electron chi connectivity index (χ1n) is 6.78. The molecule has 18 heavy (non-hydrogen) atoms. The lowest BCUT2D eigenvalue weighted by Gasteiger charge is -2.33. The van der Waals surface area contributed by atoms with E-state index in [1.807, 2.05) is 6.92 Å². The number of fused-ring (bicyclic) bond motifs is 1. The second kappa shape index (κ2) is 5.58. The van der Waals surface area contributed by atoms with Gasteiger partial charge in [0.05, 0.1) is 0 Å². The fourth-order valence-corrected chi connectivity index (χ4v) is 3.32. The Balaban J connectivity index is 2.48. The molecule has 1 aromatic carbocycles. The van der Waals surface area contributed by atoms with Gasteiger partial charge in [-0.1, -0.05) is 25.4 Å². The topological polar surface area (TPSA) is 12.0 Å². The molecule has 1 aromatic rings. The smallest absolute Gasteiger partial charge is 0.127 e. The van der Waals surface area contributed by atoms with E-state index < -0.39 is 0 Å². The van der Waals surface area contributed by atoms with Gasteiger partial charge in [0.2, 0.25) is 0 Å². The van der Waals surface area contributed by atoms with E-state index >= 15 is 0 Å². The van der Waals surface area contributed by atoms with E-state index in [0.29, 0.717) is 10.9 Å². The highest BCUT2D eigenvalue weighted by Gasteiger charge is 2.29. The molecule has 2 unspecified atom stereocenters. The Hall–Kier alpha value is -0.600. The standard InChI is InChI=1S/C15H21ClFN/c1-4-7-18-13-6-5-9(2)14-11(16)8-12(17)10(3)15(13)14/h8-9,13,18H,4-7H2,1-3H3. The predicted molar refractivity (Wildman–Crippen MR) is 74.8 cm³/mol. The molecule has 0 radical (unpaired) electrons. The van der Waals surface area contributed by atoms with Crippen molar-refractivity contribution in [2.24, 2.45) is 0 Å². The minimum atomic E-state index is -0.184. The van der Waals surface area contributed by atoms with Gasteiger partial charge in [0.25, 0.3) is 0 Å². The van der Waals surface area contributed by atoms with Crippen molar-refractivity contribution < 1.29 is 4.39 Å². The molecular weight excluding hydrogens is 249 g/mol. The number of hydrogen-bond acceptors (Lipinski definition) is 1. The van der Waals surface area contributed by atoms with Crippen LogP contribution in [0.4, 0.5) is 4.39 Å². The predicted octanol–water partition coefficient (Wildman–Crippen LogP) is 4.73. The molecule has 1 aliphatic carbocycles. The third kappa shape index (κ3) is 2.41. The molecule has 1 N–H and O–H groups in total. The largest absolute Gasteiger partial charge is 0.310 e. The van der Waals surface area contributed by atoms with Crippen LogP contribution in [0.3, 0.4) is 0 Å². The van der Waals surface area contributed by atoms with E-state index in [1.54, 1.807) is 0 Å². The summed E-state index contributed by atoms with van der Waals surface area (Å²) in [4.78, 5) is 0. The van der Waals surface area contributed by atoms with Gasteiger partial charge in [-0.25, -0.2) is 4.39 Å². The van der Waals surface area contributed by atoms with E-state index in [0.717, 1.165) is 42.5 Å². The summed E-state index contributed by atoms with van der Waals surface area (Å²) >= 11 is 6.25. The van der Waals surface area contributed by atoms with E-state index in [9.17, 15) is 4.39 Å². The number of halogens is 2. The van der Waals surface area contributed by atoms with E-state index in [1.165, 1.54) is 6.07 Å². The van der Waals surface area contributed by atoms with Crippen LogP contribution in [0.1, 0.15) is 61.8 Å². The van der Waals surface area contributed by atoms with Crippen molar-refractivity contribution in [2.45, 2.75) is 52.0 Å². The van der Waals surface area contributed by atoms with Crippen LogP contribution in [0.2, 0.25) is 5.02 Å². The molecule has 0 heterocycles. The lowest BCUT2D eigenvalue weighted by Crippen LogP contribution is -2.28. The van der Waals surface area contributed by atoms with Crippen LogP contribution in [-0.4, -0.2) is 6.54 Å². The zero-order valence-electron chi connectivity index (χ0n) is 11.3. The fraction of sp³-hybridized carbons (Fsp3) is 0.600. The number of hydrogen-bond donors (Lipinski definition) is 1. The van der Waals surface area contributed by atoms with Gasteiger partial charge < -0.3 is 5.32 Å². The second-order valence-electron chi connectivity index (χ2n) is 5.28. The lowest BCUT2D eigenvalue weighted by molar-refractivity contribution is 0.427. The van der Waals surface area contributed by atoms with Crippen LogP contribution >= 0.6 is 11.6 Å². The summed E-state index contributed by atoms with van der Waals surface area (Å²) in [7, 11) is 0. The van der Waals surface area contributed by atoms with Crippen molar-refractivity contribution in [3.8, 4) is 0 Å². The van der Waals surface area contributed by atoms with Gasteiger partial charge >= 0.3 is 0 Å². The molecule has 1 aliphatic rings. The van der Waals surface area contributed by atoms with Crippen LogP contribution in [0, 0.1) is 12.7 Å². The maximum atomic E-state index is 13.9. The number of rotatable bonds is 3. The fourth-order valence-electron chi connectivity index (χ4n) is 2.93. The van der Waals surface area contributed by atoms with E-state index in [2.05, 4.69) is 19.2 Å². The molecule has 0 saturated heterocycles. The third-order valence-electron chi connectivity index (χ3n) is 3.93. The summed E-state index contributed by atoms with van der Waals surface area (Å²) < 4.78 is 13.9. The molecule has 0 saturated carbocycles. The molecule has 0 spiro atoms. The van der Waals surface area contributed by atoms with Crippen molar-refractivity contribution in [1.82, 2.24) is 5.32 Å². The van der Waals surface area contributed by atoms with Gasteiger partial charge in [-0.15, -0.1) is 0 Å². The lowest BCUT2D eigenvalue weighted by atomic mass is 9.78. The van der Waals surface area contributed by atoms with Crippen LogP contribution in [0.5, 0.6) is 0 Å². The average Bonchev–Trinajstić information content (AvgIpc) is 2.34. The Labute approximate surface area is 114 Å². The molecule has 0 aromatic heterocycles. The molecule has 0 amide bonds. The molecule has 1 nitrogen and oxygen atoms in total. The van der Waals surface area contributed by atoms with Crippen molar-refractivity contribution in [1.29, 1.82) is 0 Å². The molecule has 100 valence electrons. The minimum Gasteiger partial charge on any atom is -0.310 e. The summed E-state index contributed by atoms with van der Waals surface area (Å²) in [5.74, 6) is 0.239. The zero-order valence-corrected chi connectivity index (χ0v) is 12.1. The van der Waals surface area contributed by atoms with Crippen LogP contribution in [0.25, 0.3) is 0 Å².